The average molecular weight is 335 g/mol. The maximum Gasteiger partial charge on any atom is 0.335 e. The molecule has 0 aliphatic heterocycles. The molecule has 3 rings (SSSR count). The lowest BCUT2D eigenvalue weighted by atomic mass is 10.1. The first kappa shape index (κ1) is 16.4. The van der Waals surface area contributed by atoms with Crippen LogP contribution in [-0.2, 0) is 17.8 Å². The monoisotopic (exact) mass is 335 g/mol. The Hall–Kier alpha value is -3.41. The molecule has 0 saturated carbocycles. The van der Waals surface area contributed by atoms with E-state index in [1.54, 1.807) is 18.2 Å². The fourth-order valence-corrected chi connectivity index (χ4v) is 2.50. The molecule has 0 fully saturated rings. The maximum atomic E-state index is 12.1. The largest absolute Gasteiger partial charge is 0.478 e. The third-order valence-electron chi connectivity index (χ3n) is 3.84. The molecule has 0 aliphatic rings. The predicted molar refractivity (Wildman–Crippen MR) is 95.1 cm³/mol. The summed E-state index contributed by atoms with van der Waals surface area (Å²) in [7, 11) is 0. The Kier molecular flexibility index (Phi) is 4.61. The Balaban J connectivity index is 1.62. The van der Waals surface area contributed by atoms with Gasteiger partial charge in [0.2, 0.25) is 5.91 Å². The quantitative estimate of drug-likeness (QED) is 0.621. The van der Waals surface area contributed by atoms with Crippen LogP contribution in [-0.4, -0.2) is 22.0 Å². The number of carboxylic acid groups (broad SMARTS) is 1. The van der Waals surface area contributed by atoms with Crippen LogP contribution in [0.1, 0.15) is 21.6 Å². The van der Waals surface area contributed by atoms with Crippen LogP contribution in [0.5, 0.6) is 0 Å². The van der Waals surface area contributed by atoms with Crippen LogP contribution in [0.2, 0.25) is 0 Å². The van der Waals surface area contributed by atoms with Crippen LogP contribution in [0.15, 0.2) is 54.6 Å². The number of nitrogen functional groups attached to an aromatic ring is 1. The van der Waals surface area contributed by atoms with E-state index in [1.807, 2.05) is 24.3 Å². The molecule has 1 aromatic heterocycles. The van der Waals surface area contributed by atoms with Crippen LogP contribution >= 0.6 is 0 Å². The SMILES string of the molecule is Nc1cccc2ccc(CC(=O)NCc3ccc(C(=O)O)cc3)nc12. The molecule has 0 radical (unpaired) electrons. The van der Waals surface area contributed by atoms with Gasteiger partial charge in [0.15, 0.2) is 0 Å². The summed E-state index contributed by atoms with van der Waals surface area (Å²) in [6.07, 6.45) is 0.150. The minimum Gasteiger partial charge on any atom is -0.478 e. The summed E-state index contributed by atoms with van der Waals surface area (Å²) >= 11 is 0. The third kappa shape index (κ3) is 3.92. The first-order valence-corrected chi connectivity index (χ1v) is 7.76. The van der Waals surface area contributed by atoms with Crippen molar-refractivity contribution in [3.8, 4) is 0 Å². The van der Waals surface area contributed by atoms with E-state index in [4.69, 9.17) is 10.8 Å². The molecule has 0 atom stereocenters. The third-order valence-corrected chi connectivity index (χ3v) is 3.84. The molecule has 6 nitrogen and oxygen atoms in total. The van der Waals surface area contributed by atoms with Gasteiger partial charge >= 0.3 is 5.97 Å². The number of carbonyl (C=O) groups is 2. The molecule has 6 heteroatoms. The first-order chi connectivity index (χ1) is 12.0. The lowest BCUT2D eigenvalue weighted by Gasteiger charge is -2.07. The molecule has 3 aromatic rings. The van der Waals surface area contributed by atoms with Crippen LogP contribution < -0.4 is 11.1 Å². The van der Waals surface area contributed by atoms with E-state index in [1.165, 1.54) is 12.1 Å². The highest BCUT2D eigenvalue weighted by Crippen LogP contribution is 2.19. The molecule has 4 N–H and O–H groups in total. The van der Waals surface area contributed by atoms with Crippen molar-refractivity contribution in [3.05, 3.63) is 71.4 Å². The molecule has 0 unspecified atom stereocenters. The van der Waals surface area contributed by atoms with Gasteiger partial charge in [0.25, 0.3) is 0 Å². The number of benzene rings is 2. The number of pyridine rings is 1. The summed E-state index contributed by atoms with van der Waals surface area (Å²) in [6.45, 7) is 0.328. The summed E-state index contributed by atoms with van der Waals surface area (Å²) in [5, 5.41) is 12.6. The number of carboxylic acids is 1. The second kappa shape index (κ2) is 7.00. The fraction of sp³-hybridized carbons (Fsp3) is 0.105. The standard InChI is InChI=1S/C19H17N3O3/c20-16-3-1-2-13-8-9-15(22-18(13)16)10-17(23)21-11-12-4-6-14(7-5-12)19(24)25/h1-9H,10-11,20H2,(H,21,23)(H,24,25). The van der Waals surface area contributed by atoms with E-state index in [9.17, 15) is 9.59 Å². The van der Waals surface area contributed by atoms with Crippen molar-refractivity contribution in [2.24, 2.45) is 0 Å². The smallest absolute Gasteiger partial charge is 0.335 e. The number of carbonyl (C=O) groups excluding carboxylic acids is 1. The summed E-state index contributed by atoms with van der Waals surface area (Å²) in [5.74, 6) is -1.14. The molecule has 0 spiro atoms. The Morgan fingerprint density at radius 3 is 2.52 bits per heavy atom. The molecule has 126 valence electrons. The maximum absolute atomic E-state index is 12.1. The van der Waals surface area contributed by atoms with Gasteiger partial charge in [0, 0.05) is 11.9 Å². The Bertz CT molecular complexity index is 936. The van der Waals surface area contributed by atoms with Gasteiger partial charge in [-0.1, -0.05) is 30.3 Å². The number of hydrogen-bond acceptors (Lipinski definition) is 4. The van der Waals surface area contributed by atoms with Crippen LogP contribution in [0.3, 0.4) is 0 Å². The Morgan fingerprint density at radius 2 is 1.80 bits per heavy atom. The van der Waals surface area contributed by atoms with Crippen molar-refractivity contribution in [3.63, 3.8) is 0 Å². The van der Waals surface area contributed by atoms with Crippen LogP contribution in [0, 0.1) is 0 Å². The predicted octanol–water partition coefficient (Wildman–Crippen LogP) is 2.37. The van der Waals surface area contributed by atoms with E-state index in [0.29, 0.717) is 23.4 Å². The van der Waals surface area contributed by atoms with Crippen molar-refractivity contribution in [2.45, 2.75) is 13.0 Å². The highest BCUT2D eigenvalue weighted by Gasteiger charge is 2.07. The molecule has 25 heavy (non-hydrogen) atoms. The fourth-order valence-electron chi connectivity index (χ4n) is 2.50. The summed E-state index contributed by atoms with van der Waals surface area (Å²) in [5.41, 5.74) is 8.88. The lowest BCUT2D eigenvalue weighted by molar-refractivity contribution is -0.120. The minimum atomic E-state index is -0.975. The molecular weight excluding hydrogens is 318 g/mol. The van der Waals surface area contributed by atoms with E-state index in [0.717, 1.165) is 10.9 Å². The van der Waals surface area contributed by atoms with Crippen LogP contribution in [0.4, 0.5) is 5.69 Å². The zero-order valence-electron chi connectivity index (χ0n) is 13.4. The number of nitrogens with zero attached hydrogens (tertiary/aromatic N) is 1. The molecule has 1 amide bonds. The molecule has 0 saturated heterocycles. The van der Waals surface area contributed by atoms with E-state index >= 15 is 0 Å². The van der Waals surface area contributed by atoms with Gasteiger partial charge in [-0.2, -0.15) is 0 Å². The van der Waals surface area contributed by atoms with Crippen molar-refractivity contribution in [1.82, 2.24) is 10.3 Å². The van der Waals surface area contributed by atoms with Crippen molar-refractivity contribution in [1.29, 1.82) is 0 Å². The number of aromatic nitrogens is 1. The molecular formula is C19H17N3O3. The number of rotatable bonds is 5. The van der Waals surface area contributed by atoms with Gasteiger partial charge in [-0.3, -0.25) is 9.78 Å². The van der Waals surface area contributed by atoms with Gasteiger partial charge in [0.05, 0.1) is 28.9 Å². The number of fused-ring (bicyclic) bond motifs is 1. The highest BCUT2D eigenvalue weighted by atomic mass is 16.4. The highest BCUT2D eigenvalue weighted by molar-refractivity contribution is 5.90. The number of nitrogens with two attached hydrogens (primary N) is 1. The second-order valence-corrected chi connectivity index (χ2v) is 5.68. The number of hydrogen-bond donors (Lipinski definition) is 3. The van der Waals surface area contributed by atoms with E-state index in [2.05, 4.69) is 10.3 Å². The summed E-state index contributed by atoms with van der Waals surface area (Å²) in [4.78, 5) is 27.4. The van der Waals surface area contributed by atoms with Gasteiger partial charge < -0.3 is 16.2 Å². The summed E-state index contributed by atoms with van der Waals surface area (Å²) in [6, 6.07) is 15.6. The van der Waals surface area contributed by atoms with Crippen molar-refractivity contribution < 1.29 is 14.7 Å². The molecule has 1 heterocycles. The van der Waals surface area contributed by atoms with Crippen LogP contribution in [0.25, 0.3) is 10.9 Å². The van der Waals surface area contributed by atoms with Crippen molar-refractivity contribution in [2.75, 3.05) is 5.73 Å². The van der Waals surface area contributed by atoms with Gasteiger partial charge in [-0.15, -0.1) is 0 Å². The number of para-hydroxylation sites is 1. The molecule has 0 aliphatic carbocycles. The Morgan fingerprint density at radius 1 is 1.04 bits per heavy atom. The van der Waals surface area contributed by atoms with Crippen molar-refractivity contribution >= 4 is 28.5 Å². The zero-order valence-corrected chi connectivity index (χ0v) is 13.4. The van der Waals surface area contributed by atoms with E-state index in [-0.39, 0.29) is 17.9 Å². The number of nitrogens with one attached hydrogen (secondary N) is 1. The number of amides is 1. The normalized spacial score (nSPS) is 10.6. The van der Waals surface area contributed by atoms with E-state index < -0.39 is 5.97 Å². The minimum absolute atomic E-state index is 0.150. The lowest BCUT2D eigenvalue weighted by Crippen LogP contribution is -2.25. The van der Waals surface area contributed by atoms with Gasteiger partial charge in [-0.25, -0.2) is 4.79 Å². The second-order valence-electron chi connectivity index (χ2n) is 5.68. The Labute approximate surface area is 144 Å². The molecule has 0 bridgehead atoms. The number of aromatic carboxylic acids is 1. The molecule has 2 aromatic carbocycles. The summed E-state index contributed by atoms with van der Waals surface area (Å²) < 4.78 is 0. The van der Waals surface area contributed by atoms with Gasteiger partial charge in [-0.05, 0) is 29.8 Å². The van der Waals surface area contributed by atoms with Gasteiger partial charge in [0.1, 0.15) is 0 Å². The average Bonchev–Trinajstić information content (AvgIpc) is 2.61. The topological polar surface area (TPSA) is 105 Å². The zero-order chi connectivity index (χ0) is 17.8. The number of anilines is 1. The first-order valence-electron chi connectivity index (χ1n) is 7.76.